The molecule has 3 heteroatoms. The third-order valence-electron chi connectivity index (χ3n) is 3.70. The van der Waals surface area contributed by atoms with Gasteiger partial charge in [0.15, 0.2) is 0 Å². The van der Waals surface area contributed by atoms with Gasteiger partial charge in [0.25, 0.3) is 0 Å². The van der Waals surface area contributed by atoms with Crippen molar-refractivity contribution < 1.29 is 4.79 Å². The van der Waals surface area contributed by atoms with E-state index in [-0.39, 0.29) is 5.92 Å². The van der Waals surface area contributed by atoms with Crippen molar-refractivity contribution in [3.8, 4) is 0 Å². The molecule has 1 unspecified atom stereocenters. The summed E-state index contributed by atoms with van der Waals surface area (Å²) in [6, 6.07) is 0.457. The van der Waals surface area contributed by atoms with Crippen LogP contribution in [0.2, 0.25) is 0 Å². The summed E-state index contributed by atoms with van der Waals surface area (Å²) in [5, 5.41) is 3.26. The summed E-state index contributed by atoms with van der Waals surface area (Å²) in [7, 11) is 0. The Morgan fingerprint density at radius 2 is 2.00 bits per heavy atom. The molecule has 1 fully saturated rings. The molecule has 3 nitrogen and oxygen atoms in total. The summed E-state index contributed by atoms with van der Waals surface area (Å²) >= 11 is 0. The van der Waals surface area contributed by atoms with Gasteiger partial charge in [0.1, 0.15) is 0 Å². The Labute approximate surface area is 106 Å². The number of carbonyl (C=O) groups excluding carboxylic acids is 1. The van der Waals surface area contributed by atoms with Gasteiger partial charge < -0.3 is 10.2 Å². The molecule has 0 aromatic heterocycles. The number of carbonyl (C=O) groups is 1. The first kappa shape index (κ1) is 14.5. The Hall–Kier alpha value is -0.570. The summed E-state index contributed by atoms with van der Waals surface area (Å²) in [6.07, 6.45) is 5.47. The topological polar surface area (TPSA) is 32.3 Å². The summed E-state index contributed by atoms with van der Waals surface area (Å²) in [5.74, 6) is 0.649. The first-order valence-electron chi connectivity index (χ1n) is 7.25. The normalized spacial score (nSPS) is 17.6. The molecule has 1 aliphatic rings. The largest absolute Gasteiger partial charge is 0.337 e. The van der Waals surface area contributed by atoms with E-state index in [1.54, 1.807) is 0 Å². The van der Waals surface area contributed by atoms with Crippen molar-refractivity contribution in [3.05, 3.63) is 0 Å². The smallest absolute Gasteiger partial charge is 0.226 e. The van der Waals surface area contributed by atoms with Crippen molar-refractivity contribution in [1.29, 1.82) is 0 Å². The van der Waals surface area contributed by atoms with Crippen LogP contribution in [0.3, 0.4) is 0 Å². The van der Waals surface area contributed by atoms with Crippen LogP contribution in [0.4, 0.5) is 0 Å². The van der Waals surface area contributed by atoms with Crippen molar-refractivity contribution in [2.45, 2.75) is 58.9 Å². The minimum atomic E-state index is 0.252. The predicted octanol–water partition coefficient (Wildman–Crippen LogP) is 2.41. The second-order valence-corrected chi connectivity index (χ2v) is 5.09. The number of unbranched alkanes of at least 4 members (excludes halogenated alkanes) is 1. The molecule has 0 aromatic rings. The van der Waals surface area contributed by atoms with E-state index < -0.39 is 0 Å². The Balaban J connectivity index is 2.53. The maximum Gasteiger partial charge on any atom is 0.226 e. The maximum atomic E-state index is 12.5. The SMILES string of the molecule is CCCCC(CC)C(=O)N(CCC)C1CNC1. The monoisotopic (exact) mass is 240 g/mol. The van der Waals surface area contributed by atoms with Crippen molar-refractivity contribution in [1.82, 2.24) is 10.2 Å². The highest BCUT2D eigenvalue weighted by Crippen LogP contribution is 2.19. The Morgan fingerprint density at radius 3 is 2.41 bits per heavy atom. The fourth-order valence-corrected chi connectivity index (χ4v) is 2.39. The van der Waals surface area contributed by atoms with Crippen LogP contribution in [0.1, 0.15) is 52.9 Å². The van der Waals surface area contributed by atoms with Gasteiger partial charge in [-0.3, -0.25) is 4.79 Å². The average molecular weight is 240 g/mol. The molecule has 0 bridgehead atoms. The molecule has 1 rings (SSSR count). The number of rotatable bonds is 8. The van der Waals surface area contributed by atoms with E-state index in [0.29, 0.717) is 11.9 Å². The number of nitrogens with one attached hydrogen (secondary N) is 1. The van der Waals surface area contributed by atoms with Crippen LogP contribution in [0.5, 0.6) is 0 Å². The second-order valence-electron chi connectivity index (χ2n) is 5.09. The first-order valence-corrected chi connectivity index (χ1v) is 7.25. The molecule has 17 heavy (non-hydrogen) atoms. The molecule has 0 aromatic carbocycles. The summed E-state index contributed by atoms with van der Waals surface area (Å²) in [6.45, 7) is 9.37. The van der Waals surface area contributed by atoms with Gasteiger partial charge in [0, 0.05) is 25.6 Å². The number of amides is 1. The highest BCUT2D eigenvalue weighted by Gasteiger charge is 2.31. The Bertz CT molecular complexity index is 226. The third-order valence-corrected chi connectivity index (χ3v) is 3.70. The highest BCUT2D eigenvalue weighted by molar-refractivity contribution is 5.79. The molecule has 1 atom stereocenters. The van der Waals surface area contributed by atoms with Gasteiger partial charge in [0.2, 0.25) is 5.91 Å². The molecule has 1 heterocycles. The predicted molar refractivity (Wildman–Crippen MR) is 72.0 cm³/mol. The molecular weight excluding hydrogens is 212 g/mol. The van der Waals surface area contributed by atoms with Crippen LogP contribution in [-0.4, -0.2) is 36.5 Å². The third kappa shape index (κ3) is 3.98. The van der Waals surface area contributed by atoms with E-state index in [2.05, 4.69) is 31.0 Å². The average Bonchev–Trinajstić information content (AvgIpc) is 2.27. The van der Waals surface area contributed by atoms with Crippen LogP contribution >= 0.6 is 0 Å². The van der Waals surface area contributed by atoms with Crippen molar-refractivity contribution >= 4 is 5.91 Å². The van der Waals surface area contributed by atoms with E-state index in [1.807, 2.05) is 0 Å². The molecular formula is C14H28N2O. The molecule has 1 N–H and O–H groups in total. The van der Waals surface area contributed by atoms with Crippen molar-refractivity contribution in [2.75, 3.05) is 19.6 Å². The molecule has 100 valence electrons. The van der Waals surface area contributed by atoms with Crippen LogP contribution < -0.4 is 5.32 Å². The van der Waals surface area contributed by atoms with Gasteiger partial charge in [-0.15, -0.1) is 0 Å². The molecule has 1 saturated heterocycles. The molecule has 0 spiro atoms. The van der Waals surface area contributed by atoms with Gasteiger partial charge in [-0.25, -0.2) is 0 Å². The van der Waals surface area contributed by atoms with Crippen molar-refractivity contribution in [2.24, 2.45) is 5.92 Å². The lowest BCUT2D eigenvalue weighted by atomic mass is 9.96. The number of nitrogens with zero attached hydrogens (tertiary/aromatic N) is 1. The van der Waals surface area contributed by atoms with Gasteiger partial charge in [-0.1, -0.05) is 33.6 Å². The van der Waals surface area contributed by atoms with Crippen LogP contribution in [0, 0.1) is 5.92 Å². The lowest BCUT2D eigenvalue weighted by molar-refractivity contribution is -0.139. The van der Waals surface area contributed by atoms with E-state index in [9.17, 15) is 4.79 Å². The minimum absolute atomic E-state index is 0.252. The summed E-state index contributed by atoms with van der Waals surface area (Å²) < 4.78 is 0. The van der Waals surface area contributed by atoms with Crippen LogP contribution in [0.15, 0.2) is 0 Å². The zero-order chi connectivity index (χ0) is 12.7. The molecule has 1 aliphatic heterocycles. The quantitative estimate of drug-likeness (QED) is 0.706. The van der Waals surface area contributed by atoms with E-state index >= 15 is 0 Å². The fraction of sp³-hybridized carbons (Fsp3) is 0.929. The lowest BCUT2D eigenvalue weighted by Gasteiger charge is -2.40. The number of hydrogen-bond donors (Lipinski definition) is 1. The first-order chi connectivity index (χ1) is 8.24. The summed E-state index contributed by atoms with van der Waals surface area (Å²) in [5.41, 5.74) is 0. The Morgan fingerprint density at radius 1 is 1.29 bits per heavy atom. The van der Waals surface area contributed by atoms with Gasteiger partial charge in [-0.2, -0.15) is 0 Å². The maximum absolute atomic E-state index is 12.5. The standard InChI is InChI=1S/C14H28N2O/c1-4-7-8-12(6-3)14(17)16(9-5-2)13-10-15-11-13/h12-13,15H,4-11H2,1-3H3. The Kier molecular flexibility index (Phi) is 6.56. The van der Waals surface area contributed by atoms with E-state index in [0.717, 1.165) is 38.9 Å². The lowest BCUT2D eigenvalue weighted by Crippen LogP contribution is -2.60. The van der Waals surface area contributed by atoms with Crippen LogP contribution in [-0.2, 0) is 4.79 Å². The molecule has 0 radical (unpaired) electrons. The fourth-order valence-electron chi connectivity index (χ4n) is 2.39. The van der Waals surface area contributed by atoms with Gasteiger partial charge in [0.05, 0.1) is 6.04 Å². The van der Waals surface area contributed by atoms with E-state index in [1.165, 1.54) is 12.8 Å². The minimum Gasteiger partial charge on any atom is -0.337 e. The second kappa shape index (κ2) is 7.70. The highest BCUT2D eigenvalue weighted by atomic mass is 16.2. The molecule has 1 amide bonds. The summed E-state index contributed by atoms with van der Waals surface area (Å²) in [4.78, 5) is 14.6. The van der Waals surface area contributed by atoms with E-state index in [4.69, 9.17) is 0 Å². The van der Waals surface area contributed by atoms with Gasteiger partial charge >= 0.3 is 0 Å². The zero-order valence-corrected chi connectivity index (χ0v) is 11.7. The van der Waals surface area contributed by atoms with Crippen LogP contribution in [0.25, 0.3) is 0 Å². The zero-order valence-electron chi connectivity index (χ0n) is 11.7. The molecule has 0 aliphatic carbocycles. The number of hydrogen-bond acceptors (Lipinski definition) is 2. The van der Waals surface area contributed by atoms with Crippen molar-refractivity contribution in [3.63, 3.8) is 0 Å². The molecule has 0 saturated carbocycles. The van der Waals surface area contributed by atoms with Gasteiger partial charge in [-0.05, 0) is 19.3 Å².